The number of hydrogen-bond donors (Lipinski definition) is 2. The lowest BCUT2D eigenvalue weighted by atomic mass is 10.2. The van der Waals surface area contributed by atoms with Gasteiger partial charge in [-0.2, -0.15) is 0 Å². The van der Waals surface area contributed by atoms with Crippen molar-refractivity contribution in [1.29, 1.82) is 0 Å². The van der Waals surface area contributed by atoms with E-state index >= 15 is 0 Å². The van der Waals surface area contributed by atoms with Gasteiger partial charge >= 0.3 is 0 Å². The number of ether oxygens (including phenoxy) is 1. The second kappa shape index (κ2) is 5.18. The van der Waals surface area contributed by atoms with E-state index < -0.39 is 0 Å². The zero-order valence-corrected chi connectivity index (χ0v) is 9.52. The molecule has 0 unspecified atom stereocenters. The molecule has 1 fully saturated rings. The third-order valence-corrected chi connectivity index (χ3v) is 3.10. The van der Waals surface area contributed by atoms with E-state index in [4.69, 9.17) is 9.94 Å². The predicted molar refractivity (Wildman–Crippen MR) is 63.0 cm³/mol. The molecule has 1 aromatic rings. The molecule has 1 heterocycles. The van der Waals surface area contributed by atoms with Crippen molar-refractivity contribution in [1.82, 2.24) is 4.90 Å². The Kier molecular flexibility index (Phi) is 3.64. The molecular weight excluding hydrogens is 204 g/mol. The van der Waals surface area contributed by atoms with Gasteiger partial charge in [-0.15, -0.1) is 0 Å². The molecule has 0 spiro atoms. The van der Waals surface area contributed by atoms with Crippen molar-refractivity contribution in [3.8, 4) is 5.75 Å². The van der Waals surface area contributed by atoms with Crippen molar-refractivity contribution in [3.63, 3.8) is 0 Å². The lowest BCUT2D eigenvalue weighted by molar-refractivity contribution is 0.198. The highest BCUT2D eigenvalue weighted by Crippen LogP contribution is 2.18. The van der Waals surface area contributed by atoms with Gasteiger partial charge in [0.1, 0.15) is 12.4 Å². The summed E-state index contributed by atoms with van der Waals surface area (Å²) >= 11 is 0. The van der Waals surface area contributed by atoms with E-state index in [9.17, 15) is 0 Å². The molecule has 0 radical (unpaired) electrons. The fourth-order valence-corrected chi connectivity index (χ4v) is 2.01. The first kappa shape index (κ1) is 11.2. The Morgan fingerprint density at radius 2 is 2.19 bits per heavy atom. The fourth-order valence-electron chi connectivity index (χ4n) is 2.01. The average molecular weight is 222 g/mol. The van der Waals surface area contributed by atoms with E-state index in [2.05, 4.69) is 17.4 Å². The minimum Gasteiger partial charge on any atom is -0.492 e. The molecule has 1 aliphatic rings. The highest BCUT2D eigenvalue weighted by atomic mass is 16.5. The molecule has 1 saturated heterocycles. The van der Waals surface area contributed by atoms with Crippen LogP contribution in [-0.4, -0.2) is 36.3 Å². The third kappa shape index (κ3) is 2.65. The van der Waals surface area contributed by atoms with Gasteiger partial charge in [0.05, 0.1) is 5.69 Å². The van der Waals surface area contributed by atoms with Gasteiger partial charge in [-0.1, -0.05) is 0 Å². The van der Waals surface area contributed by atoms with E-state index in [0.717, 1.165) is 12.4 Å². The standard InChI is InChI=1S/C12H18N2O2/c1-14-8-2-3-11(14)9-16-12-6-4-10(13-15)5-7-12/h4-7,11,13,15H,2-3,8-9H2,1H3/t11-/m0/s1. The molecule has 1 aliphatic heterocycles. The summed E-state index contributed by atoms with van der Waals surface area (Å²) in [6.07, 6.45) is 2.48. The SMILES string of the molecule is CN1CCC[C@H]1COc1ccc(NO)cc1. The van der Waals surface area contributed by atoms with Gasteiger partial charge in [0.25, 0.3) is 0 Å². The minimum atomic E-state index is 0.538. The van der Waals surface area contributed by atoms with E-state index in [1.165, 1.54) is 19.4 Å². The van der Waals surface area contributed by atoms with Crippen molar-refractivity contribution >= 4 is 5.69 Å². The predicted octanol–water partition coefficient (Wildman–Crippen LogP) is 1.96. The normalized spacial score (nSPS) is 21.0. The van der Waals surface area contributed by atoms with Gasteiger partial charge in [0.2, 0.25) is 0 Å². The van der Waals surface area contributed by atoms with Crippen LogP contribution < -0.4 is 10.2 Å². The smallest absolute Gasteiger partial charge is 0.119 e. The maximum atomic E-state index is 8.67. The van der Waals surface area contributed by atoms with Gasteiger partial charge < -0.3 is 9.64 Å². The molecule has 2 rings (SSSR count). The second-order valence-electron chi connectivity index (χ2n) is 4.22. The Labute approximate surface area is 95.8 Å². The summed E-state index contributed by atoms with van der Waals surface area (Å²) in [6, 6.07) is 7.82. The lowest BCUT2D eigenvalue weighted by Crippen LogP contribution is -2.30. The number of likely N-dealkylation sites (N-methyl/N-ethyl adjacent to an activating group) is 1. The van der Waals surface area contributed by atoms with Crippen LogP contribution in [0, 0.1) is 0 Å². The van der Waals surface area contributed by atoms with Gasteiger partial charge in [-0.05, 0) is 50.7 Å². The first-order valence-corrected chi connectivity index (χ1v) is 5.63. The Bertz CT molecular complexity index is 326. The van der Waals surface area contributed by atoms with Crippen molar-refractivity contribution in [2.24, 2.45) is 0 Å². The molecule has 0 amide bonds. The molecule has 16 heavy (non-hydrogen) atoms. The second-order valence-corrected chi connectivity index (χ2v) is 4.22. The molecule has 0 aliphatic carbocycles. The fraction of sp³-hybridized carbons (Fsp3) is 0.500. The summed E-state index contributed by atoms with van der Waals surface area (Å²) in [5.41, 5.74) is 2.77. The largest absolute Gasteiger partial charge is 0.492 e. The average Bonchev–Trinajstić information content (AvgIpc) is 2.73. The highest BCUT2D eigenvalue weighted by Gasteiger charge is 2.21. The van der Waals surface area contributed by atoms with Crippen LogP contribution in [0.2, 0.25) is 0 Å². The number of likely N-dealkylation sites (tertiary alicyclic amines) is 1. The van der Waals surface area contributed by atoms with Crippen molar-refractivity contribution in [3.05, 3.63) is 24.3 Å². The van der Waals surface area contributed by atoms with Gasteiger partial charge in [0.15, 0.2) is 0 Å². The molecule has 0 aromatic heterocycles. The molecule has 1 atom stereocenters. The summed E-state index contributed by atoms with van der Waals surface area (Å²) in [5, 5.41) is 8.67. The van der Waals surface area contributed by atoms with Crippen molar-refractivity contribution in [2.45, 2.75) is 18.9 Å². The molecule has 0 saturated carbocycles. The first-order valence-electron chi connectivity index (χ1n) is 5.63. The first-order chi connectivity index (χ1) is 7.79. The Balaban J connectivity index is 1.84. The molecule has 1 aromatic carbocycles. The van der Waals surface area contributed by atoms with Crippen molar-refractivity contribution < 1.29 is 9.94 Å². The maximum Gasteiger partial charge on any atom is 0.119 e. The van der Waals surface area contributed by atoms with Crippen molar-refractivity contribution in [2.75, 3.05) is 25.7 Å². The molecular formula is C12H18N2O2. The number of nitrogens with one attached hydrogen (secondary N) is 1. The Morgan fingerprint density at radius 3 is 2.75 bits per heavy atom. The van der Waals surface area contributed by atoms with Crippen LogP contribution in [0.3, 0.4) is 0 Å². The van der Waals surface area contributed by atoms with E-state index in [1.807, 2.05) is 12.1 Å². The summed E-state index contributed by atoms with van der Waals surface area (Å²) in [4.78, 5) is 2.34. The number of hydrogen-bond acceptors (Lipinski definition) is 4. The summed E-state index contributed by atoms with van der Waals surface area (Å²) in [5.74, 6) is 0.847. The lowest BCUT2D eigenvalue weighted by Gasteiger charge is -2.19. The van der Waals surface area contributed by atoms with Crippen LogP contribution >= 0.6 is 0 Å². The topological polar surface area (TPSA) is 44.7 Å². The zero-order valence-electron chi connectivity index (χ0n) is 9.52. The highest BCUT2D eigenvalue weighted by molar-refractivity contribution is 5.44. The van der Waals surface area contributed by atoms with Gasteiger partial charge in [-0.25, -0.2) is 0 Å². The number of rotatable bonds is 4. The summed E-state index contributed by atoms with van der Waals surface area (Å²) < 4.78 is 5.71. The van der Waals surface area contributed by atoms with E-state index in [-0.39, 0.29) is 0 Å². The molecule has 88 valence electrons. The zero-order chi connectivity index (χ0) is 11.4. The van der Waals surface area contributed by atoms with Crippen LogP contribution in [0.1, 0.15) is 12.8 Å². The molecule has 4 nitrogen and oxygen atoms in total. The monoisotopic (exact) mass is 222 g/mol. The number of anilines is 1. The molecule has 0 bridgehead atoms. The van der Waals surface area contributed by atoms with Crippen LogP contribution in [0.25, 0.3) is 0 Å². The number of nitrogens with zero attached hydrogens (tertiary/aromatic N) is 1. The van der Waals surface area contributed by atoms with Crippen LogP contribution in [0.5, 0.6) is 5.75 Å². The maximum absolute atomic E-state index is 8.67. The van der Waals surface area contributed by atoms with E-state index in [0.29, 0.717) is 11.7 Å². The van der Waals surface area contributed by atoms with Crippen LogP contribution in [-0.2, 0) is 0 Å². The summed E-state index contributed by atoms with van der Waals surface area (Å²) in [6.45, 7) is 1.91. The summed E-state index contributed by atoms with van der Waals surface area (Å²) in [7, 11) is 2.14. The Hall–Kier alpha value is -1.26. The van der Waals surface area contributed by atoms with E-state index in [1.54, 1.807) is 12.1 Å². The molecule has 2 N–H and O–H groups in total. The van der Waals surface area contributed by atoms with Crippen LogP contribution in [0.15, 0.2) is 24.3 Å². The Morgan fingerprint density at radius 1 is 1.44 bits per heavy atom. The minimum absolute atomic E-state index is 0.538. The van der Waals surface area contributed by atoms with Gasteiger partial charge in [-0.3, -0.25) is 10.7 Å². The quantitative estimate of drug-likeness (QED) is 0.764. The molecule has 4 heteroatoms. The van der Waals surface area contributed by atoms with Crippen LogP contribution in [0.4, 0.5) is 5.69 Å². The van der Waals surface area contributed by atoms with Gasteiger partial charge in [0, 0.05) is 6.04 Å². The third-order valence-electron chi connectivity index (χ3n) is 3.10. The number of benzene rings is 1.